The molecule has 96 valence electrons. The molecule has 1 aromatic rings. The zero-order valence-electron chi connectivity index (χ0n) is 10.9. The van der Waals surface area contributed by atoms with Gasteiger partial charge in [0, 0.05) is 18.3 Å². The summed E-state index contributed by atoms with van der Waals surface area (Å²) in [6.07, 6.45) is 4.90. The zero-order chi connectivity index (χ0) is 12.5. The van der Waals surface area contributed by atoms with Gasteiger partial charge >= 0.3 is 0 Å². The van der Waals surface area contributed by atoms with Crippen LogP contribution in [-0.2, 0) is 0 Å². The highest BCUT2D eigenvalue weighted by Crippen LogP contribution is 2.16. The molecule has 17 heavy (non-hydrogen) atoms. The Morgan fingerprint density at radius 2 is 1.94 bits per heavy atom. The highest BCUT2D eigenvalue weighted by molar-refractivity contribution is 5.47. The second-order valence-electron chi connectivity index (χ2n) is 4.30. The van der Waals surface area contributed by atoms with Crippen LogP contribution in [0.2, 0.25) is 0 Å². The summed E-state index contributed by atoms with van der Waals surface area (Å²) >= 11 is 0. The summed E-state index contributed by atoms with van der Waals surface area (Å²) in [7, 11) is 1.68. The normalized spacial score (nSPS) is 12.2. The molecule has 1 atom stereocenters. The zero-order valence-corrected chi connectivity index (χ0v) is 10.9. The third-order valence-electron chi connectivity index (χ3n) is 2.90. The summed E-state index contributed by atoms with van der Waals surface area (Å²) in [6.45, 7) is 2.89. The van der Waals surface area contributed by atoms with Gasteiger partial charge in [-0.15, -0.1) is 0 Å². The van der Waals surface area contributed by atoms with E-state index in [1.54, 1.807) is 7.11 Å². The molecule has 0 aromatic heterocycles. The Balaban J connectivity index is 2.43. The summed E-state index contributed by atoms with van der Waals surface area (Å²) in [5.41, 5.74) is 6.88. The van der Waals surface area contributed by atoms with Crippen LogP contribution in [0.4, 0.5) is 5.69 Å². The number of rotatable bonds is 8. The van der Waals surface area contributed by atoms with Crippen molar-refractivity contribution in [1.29, 1.82) is 0 Å². The molecule has 0 spiro atoms. The van der Waals surface area contributed by atoms with Crippen molar-refractivity contribution in [1.82, 2.24) is 0 Å². The van der Waals surface area contributed by atoms with Crippen molar-refractivity contribution < 1.29 is 4.74 Å². The minimum atomic E-state index is 0.370. The van der Waals surface area contributed by atoms with Gasteiger partial charge in [-0.3, -0.25) is 0 Å². The first-order valence-corrected chi connectivity index (χ1v) is 6.40. The number of ether oxygens (including phenoxy) is 1. The lowest BCUT2D eigenvalue weighted by atomic mass is 10.1. The van der Waals surface area contributed by atoms with Gasteiger partial charge in [-0.05, 0) is 30.7 Å². The number of nitrogens with two attached hydrogens (primary N) is 1. The van der Waals surface area contributed by atoms with Crippen LogP contribution in [0.25, 0.3) is 0 Å². The van der Waals surface area contributed by atoms with Crippen molar-refractivity contribution in [3.8, 4) is 5.75 Å². The first-order chi connectivity index (χ1) is 8.30. The van der Waals surface area contributed by atoms with Crippen LogP contribution in [0.15, 0.2) is 24.3 Å². The van der Waals surface area contributed by atoms with Crippen molar-refractivity contribution >= 4 is 5.69 Å². The van der Waals surface area contributed by atoms with E-state index in [4.69, 9.17) is 10.5 Å². The molecule has 0 radical (unpaired) electrons. The Labute approximate surface area is 104 Å². The second kappa shape index (κ2) is 7.96. The van der Waals surface area contributed by atoms with Crippen LogP contribution in [-0.4, -0.2) is 19.7 Å². The maximum atomic E-state index is 5.77. The van der Waals surface area contributed by atoms with Gasteiger partial charge in [-0.1, -0.05) is 26.2 Å². The lowest BCUT2D eigenvalue weighted by Crippen LogP contribution is -2.28. The number of unbranched alkanes of at least 4 members (excludes halogenated alkanes) is 2. The molecule has 3 N–H and O–H groups in total. The third-order valence-corrected chi connectivity index (χ3v) is 2.90. The Kier molecular flexibility index (Phi) is 6.48. The van der Waals surface area contributed by atoms with Gasteiger partial charge in [0.1, 0.15) is 5.75 Å². The maximum Gasteiger partial charge on any atom is 0.119 e. The molecule has 0 aliphatic rings. The van der Waals surface area contributed by atoms with E-state index in [1.807, 2.05) is 24.3 Å². The predicted molar refractivity (Wildman–Crippen MR) is 73.6 cm³/mol. The molecule has 0 saturated carbocycles. The van der Waals surface area contributed by atoms with Crippen LogP contribution in [0, 0.1) is 0 Å². The molecular formula is C14H24N2O. The van der Waals surface area contributed by atoms with Crippen molar-refractivity contribution in [3.05, 3.63) is 24.3 Å². The molecular weight excluding hydrogens is 212 g/mol. The van der Waals surface area contributed by atoms with E-state index in [0.717, 1.165) is 17.9 Å². The first-order valence-electron chi connectivity index (χ1n) is 6.40. The Morgan fingerprint density at radius 1 is 1.24 bits per heavy atom. The van der Waals surface area contributed by atoms with E-state index in [9.17, 15) is 0 Å². The molecule has 1 unspecified atom stereocenters. The molecule has 0 fully saturated rings. The summed E-state index contributed by atoms with van der Waals surface area (Å²) in [6, 6.07) is 8.35. The van der Waals surface area contributed by atoms with E-state index in [-0.39, 0.29) is 0 Å². The fraction of sp³-hybridized carbons (Fsp3) is 0.571. The molecule has 0 amide bonds. The molecule has 0 aliphatic heterocycles. The number of hydrogen-bond acceptors (Lipinski definition) is 3. The molecule has 3 nitrogen and oxygen atoms in total. The number of anilines is 1. The molecule has 0 bridgehead atoms. The molecule has 1 rings (SSSR count). The second-order valence-corrected chi connectivity index (χ2v) is 4.30. The van der Waals surface area contributed by atoms with Gasteiger partial charge < -0.3 is 15.8 Å². The van der Waals surface area contributed by atoms with Crippen molar-refractivity contribution in [3.63, 3.8) is 0 Å². The lowest BCUT2D eigenvalue weighted by molar-refractivity contribution is 0.415. The van der Waals surface area contributed by atoms with Gasteiger partial charge in [-0.25, -0.2) is 0 Å². The average molecular weight is 236 g/mol. The smallest absolute Gasteiger partial charge is 0.119 e. The number of hydrogen-bond donors (Lipinski definition) is 2. The Morgan fingerprint density at radius 3 is 2.47 bits per heavy atom. The van der Waals surface area contributed by atoms with E-state index in [1.165, 1.54) is 19.3 Å². The Bertz CT molecular complexity index is 298. The average Bonchev–Trinajstić information content (AvgIpc) is 2.38. The number of methoxy groups -OCH3 is 1. The maximum absolute atomic E-state index is 5.77. The van der Waals surface area contributed by atoms with Crippen LogP contribution < -0.4 is 15.8 Å². The number of benzene rings is 1. The van der Waals surface area contributed by atoms with Gasteiger partial charge in [0.15, 0.2) is 0 Å². The molecule has 0 saturated heterocycles. The van der Waals surface area contributed by atoms with Crippen LogP contribution >= 0.6 is 0 Å². The van der Waals surface area contributed by atoms with Crippen molar-refractivity contribution in [2.45, 2.75) is 38.6 Å². The Hall–Kier alpha value is -1.22. The van der Waals surface area contributed by atoms with Crippen LogP contribution in [0.1, 0.15) is 32.6 Å². The molecule has 1 aromatic carbocycles. The summed E-state index contributed by atoms with van der Waals surface area (Å²) in [4.78, 5) is 0. The van der Waals surface area contributed by atoms with Crippen LogP contribution in [0.3, 0.4) is 0 Å². The molecule has 0 aliphatic carbocycles. The largest absolute Gasteiger partial charge is 0.497 e. The van der Waals surface area contributed by atoms with E-state index in [0.29, 0.717) is 12.6 Å². The van der Waals surface area contributed by atoms with E-state index < -0.39 is 0 Å². The minimum Gasteiger partial charge on any atom is -0.497 e. The quantitative estimate of drug-likeness (QED) is 0.682. The monoisotopic (exact) mass is 236 g/mol. The predicted octanol–water partition coefficient (Wildman–Crippen LogP) is 3.01. The molecule has 0 heterocycles. The fourth-order valence-electron chi connectivity index (χ4n) is 1.81. The van der Waals surface area contributed by atoms with Gasteiger partial charge in [-0.2, -0.15) is 0 Å². The van der Waals surface area contributed by atoms with Gasteiger partial charge in [0.25, 0.3) is 0 Å². The third kappa shape index (κ3) is 5.09. The fourth-order valence-corrected chi connectivity index (χ4v) is 1.81. The van der Waals surface area contributed by atoms with E-state index in [2.05, 4.69) is 12.2 Å². The minimum absolute atomic E-state index is 0.370. The van der Waals surface area contributed by atoms with Crippen molar-refractivity contribution in [2.75, 3.05) is 19.0 Å². The standard InChI is InChI=1S/C14H24N2O/c1-3-4-5-6-13(11-15)16-12-7-9-14(17-2)10-8-12/h7-10,13,16H,3-6,11,15H2,1-2H3. The van der Waals surface area contributed by atoms with E-state index >= 15 is 0 Å². The molecule has 3 heteroatoms. The van der Waals surface area contributed by atoms with Gasteiger partial charge in [0.05, 0.1) is 7.11 Å². The topological polar surface area (TPSA) is 47.3 Å². The van der Waals surface area contributed by atoms with Gasteiger partial charge in [0.2, 0.25) is 0 Å². The SMILES string of the molecule is CCCCCC(CN)Nc1ccc(OC)cc1. The summed E-state index contributed by atoms with van der Waals surface area (Å²) < 4.78 is 5.13. The highest BCUT2D eigenvalue weighted by Gasteiger charge is 2.05. The summed E-state index contributed by atoms with van der Waals surface area (Å²) in [5.74, 6) is 0.880. The number of nitrogens with one attached hydrogen (secondary N) is 1. The highest BCUT2D eigenvalue weighted by atomic mass is 16.5. The van der Waals surface area contributed by atoms with Crippen molar-refractivity contribution in [2.24, 2.45) is 5.73 Å². The first kappa shape index (κ1) is 13.8. The summed E-state index contributed by atoms with van der Waals surface area (Å²) in [5, 5.41) is 3.46. The lowest BCUT2D eigenvalue weighted by Gasteiger charge is -2.18. The van der Waals surface area contributed by atoms with Crippen LogP contribution in [0.5, 0.6) is 5.75 Å².